The number of nitrogens with zero attached hydrogens (tertiary/aromatic N) is 1. The first-order valence-corrected chi connectivity index (χ1v) is 6.88. The van der Waals surface area contributed by atoms with Crippen molar-refractivity contribution in [3.05, 3.63) is 39.9 Å². The zero-order valence-electron chi connectivity index (χ0n) is 11.3. The molecule has 2 rings (SSSR count). The molecular weight excluding hydrogens is 258 g/mol. The molecule has 108 valence electrons. The number of non-ortho nitro benzene ring substituents is 1. The van der Waals surface area contributed by atoms with Gasteiger partial charge in [0.1, 0.15) is 0 Å². The summed E-state index contributed by atoms with van der Waals surface area (Å²) in [4.78, 5) is 21.7. The lowest BCUT2D eigenvalue weighted by Crippen LogP contribution is -2.37. The highest BCUT2D eigenvalue weighted by molar-refractivity contribution is 5.78. The molecule has 1 fully saturated rings. The molecule has 0 spiro atoms. The number of amides is 1. The van der Waals surface area contributed by atoms with Gasteiger partial charge in [-0.15, -0.1) is 0 Å². The number of hydrogen-bond donors (Lipinski definition) is 2. The number of nitro benzene ring substituents is 1. The van der Waals surface area contributed by atoms with Crippen LogP contribution in [0.1, 0.15) is 31.2 Å². The van der Waals surface area contributed by atoms with Gasteiger partial charge in [0.25, 0.3) is 5.69 Å². The maximum Gasteiger partial charge on any atom is 0.269 e. The van der Waals surface area contributed by atoms with Gasteiger partial charge in [-0.2, -0.15) is 0 Å². The lowest BCUT2D eigenvalue weighted by molar-refractivity contribution is -0.384. The lowest BCUT2D eigenvalue weighted by Gasteiger charge is -2.11. The zero-order valence-corrected chi connectivity index (χ0v) is 11.3. The Bertz CT molecular complexity index is 467. The van der Waals surface area contributed by atoms with Crippen LogP contribution in [0.3, 0.4) is 0 Å². The van der Waals surface area contributed by atoms with E-state index < -0.39 is 4.92 Å². The summed E-state index contributed by atoms with van der Waals surface area (Å²) < 4.78 is 0. The van der Waals surface area contributed by atoms with Crippen LogP contribution in [0, 0.1) is 10.1 Å². The number of nitro groups is 1. The maximum absolute atomic E-state index is 11.7. The topological polar surface area (TPSA) is 84.3 Å². The Morgan fingerprint density at radius 1 is 1.25 bits per heavy atom. The van der Waals surface area contributed by atoms with Crippen LogP contribution in [-0.4, -0.2) is 23.4 Å². The first-order chi connectivity index (χ1) is 9.65. The van der Waals surface area contributed by atoms with E-state index in [0.29, 0.717) is 19.1 Å². The minimum absolute atomic E-state index is 0.0461. The number of rotatable bonds is 6. The fraction of sp³-hybridized carbons (Fsp3) is 0.500. The third-order valence-electron chi connectivity index (χ3n) is 3.54. The maximum atomic E-state index is 11.7. The molecule has 1 amide bonds. The number of carbonyl (C=O) groups excluding carboxylic acids is 1. The molecule has 1 aromatic rings. The van der Waals surface area contributed by atoms with Crippen molar-refractivity contribution < 1.29 is 9.72 Å². The molecule has 1 saturated carbocycles. The summed E-state index contributed by atoms with van der Waals surface area (Å²) >= 11 is 0. The summed E-state index contributed by atoms with van der Waals surface area (Å²) in [5, 5.41) is 16.6. The molecule has 1 aliphatic rings. The van der Waals surface area contributed by atoms with E-state index in [9.17, 15) is 14.9 Å². The van der Waals surface area contributed by atoms with Gasteiger partial charge in [0.2, 0.25) is 5.91 Å². The van der Waals surface area contributed by atoms with Crippen molar-refractivity contribution in [3.63, 3.8) is 0 Å². The van der Waals surface area contributed by atoms with Crippen LogP contribution >= 0.6 is 0 Å². The molecule has 6 nitrogen and oxygen atoms in total. The molecule has 1 aliphatic carbocycles. The van der Waals surface area contributed by atoms with Gasteiger partial charge >= 0.3 is 0 Å². The molecule has 2 N–H and O–H groups in total. The van der Waals surface area contributed by atoms with E-state index in [4.69, 9.17) is 0 Å². The number of benzene rings is 1. The van der Waals surface area contributed by atoms with Crippen LogP contribution in [-0.2, 0) is 11.3 Å². The van der Waals surface area contributed by atoms with Gasteiger partial charge in [-0.1, -0.05) is 25.0 Å². The second-order valence-corrected chi connectivity index (χ2v) is 5.06. The van der Waals surface area contributed by atoms with Crippen LogP contribution in [0.25, 0.3) is 0 Å². The third-order valence-corrected chi connectivity index (χ3v) is 3.54. The Hall–Kier alpha value is -1.95. The van der Waals surface area contributed by atoms with Crippen molar-refractivity contribution in [2.45, 2.75) is 38.3 Å². The molecule has 1 aromatic carbocycles. The van der Waals surface area contributed by atoms with Gasteiger partial charge in [0, 0.05) is 24.7 Å². The molecule has 20 heavy (non-hydrogen) atoms. The zero-order chi connectivity index (χ0) is 14.4. The van der Waals surface area contributed by atoms with Gasteiger partial charge in [0.05, 0.1) is 11.5 Å². The second kappa shape index (κ2) is 7.00. The van der Waals surface area contributed by atoms with E-state index in [2.05, 4.69) is 10.6 Å². The molecular formula is C14H19N3O3. The van der Waals surface area contributed by atoms with E-state index in [1.165, 1.54) is 25.0 Å². The van der Waals surface area contributed by atoms with Crippen molar-refractivity contribution in [3.8, 4) is 0 Å². The molecule has 0 atom stereocenters. The van der Waals surface area contributed by atoms with Crippen molar-refractivity contribution in [1.82, 2.24) is 10.6 Å². The summed E-state index contributed by atoms with van der Waals surface area (Å²) in [7, 11) is 0. The minimum Gasteiger partial charge on any atom is -0.351 e. The van der Waals surface area contributed by atoms with Crippen molar-refractivity contribution in [1.29, 1.82) is 0 Å². The highest BCUT2D eigenvalue weighted by Gasteiger charge is 2.15. The first kappa shape index (κ1) is 14.5. The van der Waals surface area contributed by atoms with Crippen LogP contribution in [0.2, 0.25) is 0 Å². The normalized spacial score (nSPS) is 15.2. The molecule has 0 bridgehead atoms. The quantitative estimate of drug-likeness (QED) is 0.613. The van der Waals surface area contributed by atoms with Gasteiger partial charge in [0.15, 0.2) is 0 Å². The molecule has 6 heteroatoms. The molecule has 0 aliphatic heterocycles. The van der Waals surface area contributed by atoms with Gasteiger partial charge in [-0.05, 0) is 18.4 Å². The Labute approximate surface area is 117 Å². The van der Waals surface area contributed by atoms with Gasteiger partial charge in [-0.3, -0.25) is 14.9 Å². The van der Waals surface area contributed by atoms with E-state index in [0.717, 1.165) is 18.4 Å². The van der Waals surface area contributed by atoms with Crippen LogP contribution in [0.15, 0.2) is 24.3 Å². The highest BCUT2D eigenvalue weighted by atomic mass is 16.6. The smallest absolute Gasteiger partial charge is 0.269 e. The standard InChI is InChI=1S/C14H19N3O3/c18-14(10-15-12-3-1-2-4-12)16-9-11-5-7-13(8-6-11)17(19)20/h5-8,12,15H,1-4,9-10H2,(H,16,18). The SMILES string of the molecule is O=C(CNC1CCCC1)NCc1ccc([N+](=O)[O-])cc1. The average molecular weight is 277 g/mol. The minimum atomic E-state index is -0.437. The van der Waals surface area contributed by atoms with Crippen LogP contribution in [0.4, 0.5) is 5.69 Å². The number of carbonyl (C=O) groups is 1. The number of nitrogens with one attached hydrogen (secondary N) is 2. The summed E-state index contributed by atoms with van der Waals surface area (Å²) in [6.45, 7) is 0.723. The molecule has 0 saturated heterocycles. The van der Waals surface area contributed by atoms with Crippen LogP contribution in [0.5, 0.6) is 0 Å². The summed E-state index contributed by atoms with van der Waals surface area (Å²) in [5.74, 6) is -0.0461. The summed E-state index contributed by atoms with van der Waals surface area (Å²) in [5.41, 5.74) is 0.910. The van der Waals surface area contributed by atoms with E-state index in [-0.39, 0.29) is 11.6 Å². The Kier molecular flexibility index (Phi) is 5.06. The van der Waals surface area contributed by atoms with Crippen molar-refractivity contribution >= 4 is 11.6 Å². The fourth-order valence-corrected chi connectivity index (χ4v) is 2.37. The van der Waals surface area contributed by atoms with E-state index >= 15 is 0 Å². The van der Waals surface area contributed by atoms with Crippen molar-refractivity contribution in [2.75, 3.05) is 6.54 Å². The van der Waals surface area contributed by atoms with E-state index in [1.54, 1.807) is 12.1 Å². The van der Waals surface area contributed by atoms with Gasteiger partial charge in [-0.25, -0.2) is 0 Å². The van der Waals surface area contributed by atoms with Crippen molar-refractivity contribution in [2.24, 2.45) is 0 Å². The molecule has 0 radical (unpaired) electrons. The second-order valence-electron chi connectivity index (χ2n) is 5.06. The Morgan fingerprint density at radius 2 is 1.90 bits per heavy atom. The molecule has 0 unspecified atom stereocenters. The first-order valence-electron chi connectivity index (χ1n) is 6.88. The fourth-order valence-electron chi connectivity index (χ4n) is 2.37. The Morgan fingerprint density at radius 3 is 2.50 bits per heavy atom. The number of hydrogen-bond acceptors (Lipinski definition) is 4. The predicted molar refractivity (Wildman–Crippen MR) is 75.2 cm³/mol. The summed E-state index contributed by atoms with van der Waals surface area (Å²) in [6, 6.07) is 6.67. The monoisotopic (exact) mass is 277 g/mol. The van der Waals surface area contributed by atoms with Crippen LogP contribution < -0.4 is 10.6 Å². The highest BCUT2D eigenvalue weighted by Crippen LogP contribution is 2.17. The molecule has 0 aromatic heterocycles. The molecule has 0 heterocycles. The van der Waals surface area contributed by atoms with Gasteiger partial charge < -0.3 is 10.6 Å². The lowest BCUT2D eigenvalue weighted by atomic mass is 10.2. The summed E-state index contributed by atoms with van der Waals surface area (Å²) in [6.07, 6.45) is 4.77. The Balaban J connectivity index is 1.70. The largest absolute Gasteiger partial charge is 0.351 e. The average Bonchev–Trinajstić information content (AvgIpc) is 2.96. The third kappa shape index (κ3) is 4.31. The predicted octanol–water partition coefficient (Wildman–Crippen LogP) is 1.74. The van der Waals surface area contributed by atoms with E-state index in [1.807, 2.05) is 0 Å².